The fraction of sp³-hybridized carbons (Fsp3) is 0.941. The molecule has 2 rings (SSSR count). The molecule has 2 aliphatic rings. The number of nitrogens with one attached hydrogen (secondary N) is 2. The predicted molar refractivity (Wildman–Crippen MR) is 85.3 cm³/mol. The zero-order valence-corrected chi connectivity index (χ0v) is 13.6. The first kappa shape index (κ1) is 16.8. The lowest BCUT2D eigenvalue weighted by Crippen LogP contribution is -2.53. The van der Waals surface area contributed by atoms with E-state index in [4.69, 9.17) is 4.74 Å². The average molecular weight is 296 g/mol. The minimum absolute atomic E-state index is 0.194. The van der Waals surface area contributed by atoms with Crippen LogP contribution in [0.25, 0.3) is 0 Å². The first-order chi connectivity index (χ1) is 10.3. The Hall–Kier alpha value is -0.610. The molecular weight excluding hydrogens is 264 g/mol. The third-order valence-electron chi connectivity index (χ3n) is 4.87. The largest absolute Gasteiger partial charge is 0.378 e. The maximum Gasteiger partial charge on any atom is 0.240 e. The molecule has 1 aliphatic carbocycles. The predicted octanol–water partition coefficient (Wildman–Crippen LogP) is 2.76. The van der Waals surface area contributed by atoms with Gasteiger partial charge < -0.3 is 15.4 Å². The molecule has 4 nitrogen and oxygen atoms in total. The van der Waals surface area contributed by atoms with Crippen molar-refractivity contribution in [2.24, 2.45) is 0 Å². The van der Waals surface area contributed by atoms with E-state index in [2.05, 4.69) is 17.6 Å². The van der Waals surface area contributed by atoms with E-state index in [0.717, 1.165) is 51.8 Å². The summed E-state index contributed by atoms with van der Waals surface area (Å²) in [6, 6.07) is 0. The first-order valence-corrected chi connectivity index (χ1v) is 8.92. The van der Waals surface area contributed by atoms with Gasteiger partial charge in [-0.25, -0.2) is 0 Å². The molecule has 0 spiro atoms. The molecule has 0 bridgehead atoms. The van der Waals surface area contributed by atoms with Crippen molar-refractivity contribution in [2.75, 3.05) is 19.7 Å². The standard InChI is InChI=1S/C17H32N2O2/c1-2-10-17(11-6-13-19-17)16(20)18-12-7-14-21-15-8-4-3-5-9-15/h15,19H,2-14H2,1H3,(H,18,20). The third kappa shape index (κ3) is 4.96. The van der Waals surface area contributed by atoms with E-state index in [9.17, 15) is 4.79 Å². The van der Waals surface area contributed by atoms with Crippen molar-refractivity contribution in [3.8, 4) is 0 Å². The minimum Gasteiger partial charge on any atom is -0.378 e. The number of carbonyl (C=O) groups is 1. The molecule has 0 aromatic carbocycles. The van der Waals surface area contributed by atoms with Crippen LogP contribution in [0.4, 0.5) is 0 Å². The molecule has 4 heteroatoms. The highest BCUT2D eigenvalue weighted by Gasteiger charge is 2.39. The summed E-state index contributed by atoms with van der Waals surface area (Å²) in [5.41, 5.74) is -0.293. The monoisotopic (exact) mass is 296 g/mol. The van der Waals surface area contributed by atoms with Gasteiger partial charge in [0.15, 0.2) is 0 Å². The van der Waals surface area contributed by atoms with Gasteiger partial charge in [0.1, 0.15) is 0 Å². The Morgan fingerprint density at radius 2 is 2.10 bits per heavy atom. The Morgan fingerprint density at radius 1 is 1.29 bits per heavy atom. The molecule has 1 saturated heterocycles. The second kappa shape index (κ2) is 8.74. The Balaban J connectivity index is 1.59. The molecule has 1 atom stereocenters. The van der Waals surface area contributed by atoms with Gasteiger partial charge in [-0.3, -0.25) is 4.79 Å². The fourth-order valence-electron chi connectivity index (χ4n) is 3.68. The number of hydrogen-bond acceptors (Lipinski definition) is 3. The molecule has 122 valence electrons. The second-order valence-corrected chi connectivity index (χ2v) is 6.60. The average Bonchev–Trinajstić information content (AvgIpc) is 2.98. The summed E-state index contributed by atoms with van der Waals surface area (Å²) in [4.78, 5) is 12.4. The summed E-state index contributed by atoms with van der Waals surface area (Å²) in [6.07, 6.45) is 11.9. The molecule has 21 heavy (non-hydrogen) atoms. The van der Waals surface area contributed by atoms with E-state index in [1.165, 1.54) is 32.1 Å². The van der Waals surface area contributed by atoms with E-state index < -0.39 is 0 Å². The summed E-state index contributed by atoms with van der Waals surface area (Å²) in [5, 5.41) is 6.53. The van der Waals surface area contributed by atoms with Gasteiger partial charge in [0, 0.05) is 13.2 Å². The van der Waals surface area contributed by atoms with Crippen molar-refractivity contribution in [3.05, 3.63) is 0 Å². The van der Waals surface area contributed by atoms with Crippen LogP contribution in [0.1, 0.15) is 71.1 Å². The van der Waals surface area contributed by atoms with Gasteiger partial charge in [0.2, 0.25) is 5.91 Å². The highest BCUT2D eigenvalue weighted by molar-refractivity contribution is 5.86. The number of hydrogen-bond donors (Lipinski definition) is 2. The molecule has 0 aromatic heterocycles. The Bertz CT molecular complexity index is 308. The normalized spacial score (nSPS) is 26.9. The number of carbonyl (C=O) groups excluding carboxylic acids is 1. The van der Waals surface area contributed by atoms with Gasteiger partial charge in [0.05, 0.1) is 11.6 Å². The van der Waals surface area contributed by atoms with E-state index in [1.54, 1.807) is 0 Å². The molecule has 0 aromatic rings. The van der Waals surface area contributed by atoms with E-state index in [1.807, 2.05) is 0 Å². The van der Waals surface area contributed by atoms with Crippen molar-refractivity contribution in [1.82, 2.24) is 10.6 Å². The Labute approximate surface area is 129 Å². The summed E-state index contributed by atoms with van der Waals surface area (Å²) in [6.45, 7) is 4.63. The van der Waals surface area contributed by atoms with E-state index in [-0.39, 0.29) is 11.4 Å². The first-order valence-electron chi connectivity index (χ1n) is 8.92. The maximum atomic E-state index is 12.4. The van der Waals surface area contributed by atoms with Crippen LogP contribution in [0.5, 0.6) is 0 Å². The highest BCUT2D eigenvalue weighted by Crippen LogP contribution is 2.25. The molecule has 1 amide bonds. The van der Waals surface area contributed by atoms with Crippen LogP contribution in [0.2, 0.25) is 0 Å². The van der Waals surface area contributed by atoms with Gasteiger partial charge in [0.25, 0.3) is 0 Å². The van der Waals surface area contributed by atoms with Crippen LogP contribution in [-0.4, -0.2) is 37.2 Å². The lowest BCUT2D eigenvalue weighted by Gasteiger charge is -2.28. The van der Waals surface area contributed by atoms with Gasteiger partial charge in [-0.15, -0.1) is 0 Å². The topological polar surface area (TPSA) is 50.4 Å². The lowest BCUT2D eigenvalue weighted by atomic mass is 9.91. The number of rotatable bonds is 8. The van der Waals surface area contributed by atoms with Gasteiger partial charge in [-0.2, -0.15) is 0 Å². The van der Waals surface area contributed by atoms with Gasteiger partial charge in [-0.1, -0.05) is 32.6 Å². The Morgan fingerprint density at radius 3 is 2.76 bits per heavy atom. The summed E-state index contributed by atoms with van der Waals surface area (Å²) in [7, 11) is 0. The molecule has 1 heterocycles. The SMILES string of the molecule is CCCC1(C(=O)NCCCOC2CCCCC2)CCCN1. The van der Waals surface area contributed by atoms with Crippen LogP contribution in [0.15, 0.2) is 0 Å². The second-order valence-electron chi connectivity index (χ2n) is 6.60. The quantitative estimate of drug-likeness (QED) is 0.677. The van der Waals surface area contributed by atoms with Crippen LogP contribution >= 0.6 is 0 Å². The zero-order valence-electron chi connectivity index (χ0n) is 13.6. The van der Waals surface area contributed by atoms with Crippen LogP contribution in [-0.2, 0) is 9.53 Å². The van der Waals surface area contributed by atoms with Crippen molar-refractivity contribution < 1.29 is 9.53 Å². The number of amides is 1. The van der Waals surface area contributed by atoms with Crippen molar-refractivity contribution in [1.29, 1.82) is 0 Å². The smallest absolute Gasteiger partial charge is 0.240 e. The summed E-state index contributed by atoms with van der Waals surface area (Å²) >= 11 is 0. The van der Waals surface area contributed by atoms with Crippen LogP contribution in [0, 0.1) is 0 Å². The highest BCUT2D eigenvalue weighted by atomic mass is 16.5. The van der Waals surface area contributed by atoms with E-state index in [0.29, 0.717) is 6.10 Å². The summed E-state index contributed by atoms with van der Waals surface area (Å²) < 4.78 is 5.90. The minimum atomic E-state index is -0.293. The van der Waals surface area contributed by atoms with Gasteiger partial charge >= 0.3 is 0 Å². The van der Waals surface area contributed by atoms with Crippen LogP contribution in [0.3, 0.4) is 0 Å². The molecule has 2 fully saturated rings. The zero-order chi connectivity index (χ0) is 15.0. The molecule has 2 N–H and O–H groups in total. The van der Waals surface area contributed by atoms with Crippen LogP contribution < -0.4 is 10.6 Å². The summed E-state index contributed by atoms with van der Waals surface area (Å²) in [5.74, 6) is 0.194. The maximum absolute atomic E-state index is 12.4. The lowest BCUT2D eigenvalue weighted by molar-refractivity contribution is -0.127. The Kier molecular flexibility index (Phi) is 6.97. The molecule has 1 unspecified atom stereocenters. The molecule has 1 saturated carbocycles. The van der Waals surface area contributed by atoms with Gasteiger partial charge in [-0.05, 0) is 45.1 Å². The molecule has 0 radical (unpaired) electrons. The van der Waals surface area contributed by atoms with Crippen molar-refractivity contribution >= 4 is 5.91 Å². The van der Waals surface area contributed by atoms with Crippen molar-refractivity contribution in [2.45, 2.75) is 82.8 Å². The van der Waals surface area contributed by atoms with Crippen molar-refractivity contribution in [3.63, 3.8) is 0 Å². The molecule has 1 aliphatic heterocycles. The molecular formula is C17H32N2O2. The fourth-order valence-corrected chi connectivity index (χ4v) is 3.68. The number of ether oxygens (including phenoxy) is 1. The van der Waals surface area contributed by atoms with E-state index >= 15 is 0 Å². The third-order valence-corrected chi connectivity index (χ3v) is 4.87.